The number of benzene rings is 3. The number of phenolic OH excluding ortho intramolecular Hbond substituents is 1. The maximum absolute atomic E-state index is 13.6. The Morgan fingerprint density at radius 2 is 1.30 bits per heavy atom. The van der Waals surface area contributed by atoms with Crippen molar-refractivity contribution in [1.29, 1.82) is 0 Å². The van der Waals surface area contributed by atoms with Crippen molar-refractivity contribution in [3.05, 3.63) is 71.8 Å². The number of thioether (sulfide) groups is 1. The van der Waals surface area contributed by atoms with E-state index in [1.165, 1.54) is 11.8 Å². The number of carbonyl (C=O) groups is 1. The minimum atomic E-state index is -0.202. The smallest absolute Gasteiger partial charge is 0.241 e. The van der Waals surface area contributed by atoms with Crippen molar-refractivity contribution in [2.24, 2.45) is 0 Å². The molecule has 0 bridgehead atoms. The zero-order valence-corrected chi connectivity index (χ0v) is 21.7. The molecule has 0 aliphatic carbocycles. The topological polar surface area (TPSA) is 40.5 Å². The molecule has 3 aromatic rings. The Labute approximate surface area is 205 Å². The van der Waals surface area contributed by atoms with Crippen LogP contribution in [0.4, 0.5) is 11.4 Å². The van der Waals surface area contributed by atoms with Crippen LogP contribution in [0.1, 0.15) is 52.7 Å². The first kappa shape index (κ1) is 23.8. The highest BCUT2D eigenvalue weighted by atomic mass is 32.2. The van der Waals surface area contributed by atoms with Gasteiger partial charge in [0.2, 0.25) is 5.91 Å². The van der Waals surface area contributed by atoms with Gasteiger partial charge in [0, 0.05) is 25.8 Å². The minimum Gasteiger partial charge on any atom is -0.507 e. The van der Waals surface area contributed by atoms with E-state index in [0.29, 0.717) is 11.5 Å². The standard InChI is InChI=1S/C28H31NO2S2/c1-27(2,3)19-15-18(16-20(26(19)31)28(4,5)6)32-17-25(30)29-21-11-7-9-13-23(21)33-24-14-10-8-12-22(24)29/h7-16,31H,17H2,1-6H3. The van der Waals surface area contributed by atoms with Gasteiger partial charge in [0.15, 0.2) is 0 Å². The summed E-state index contributed by atoms with van der Waals surface area (Å²) in [6.07, 6.45) is 0. The van der Waals surface area contributed by atoms with Gasteiger partial charge in [0.05, 0.1) is 17.1 Å². The second-order valence-corrected chi connectivity index (χ2v) is 12.6. The number of aromatic hydroxyl groups is 1. The molecule has 4 rings (SSSR count). The first-order chi connectivity index (χ1) is 15.5. The van der Waals surface area contributed by atoms with Gasteiger partial charge in [0.1, 0.15) is 5.75 Å². The van der Waals surface area contributed by atoms with Crippen molar-refractivity contribution in [3.63, 3.8) is 0 Å². The minimum absolute atomic E-state index is 0.0443. The Bertz CT molecular complexity index is 1120. The van der Waals surface area contributed by atoms with Crippen LogP contribution in [-0.2, 0) is 15.6 Å². The third-order valence-corrected chi connectivity index (χ3v) is 7.83. The number of fused-ring (bicyclic) bond motifs is 2. The van der Waals surface area contributed by atoms with E-state index in [1.54, 1.807) is 11.8 Å². The molecule has 0 aromatic heterocycles. The lowest BCUT2D eigenvalue weighted by atomic mass is 9.79. The number of hydrogen-bond donors (Lipinski definition) is 1. The Morgan fingerprint density at radius 1 is 0.848 bits per heavy atom. The molecule has 1 heterocycles. The lowest BCUT2D eigenvalue weighted by Gasteiger charge is -2.31. The van der Waals surface area contributed by atoms with Crippen LogP contribution in [0.25, 0.3) is 0 Å². The van der Waals surface area contributed by atoms with Gasteiger partial charge in [-0.1, -0.05) is 77.6 Å². The van der Waals surface area contributed by atoms with Gasteiger partial charge in [0.25, 0.3) is 0 Å². The van der Waals surface area contributed by atoms with Crippen LogP contribution in [0.2, 0.25) is 0 Å². The molecule has 1 N–H and O–H groups in total. The second kappa shape index (κ2) is 8.77. The van der Waals surface area contributed by atoms with Crippen LogP contribution in [0.5, 0.6) is 5.75 Å². The first-order valence-electron chi connectivity index (χ1n) is 11.2. The fourth-order valence-electron chi connectivity index (χ4n) is 4.02. The van der Waals surface area contributed by atoms with Gasteiger partial charge < -0.3 is 5.11 Å². The molecule has 172 valence electrons. The Hall–Kier alpha value is -2.37. The fraction of sp³-hybridized carbons (Fsp3) is 0.321. The summed E-state index contributed by atoms with van der Waals surface area (Å²) in [5.41, 5.74) is 3.29. The van der Waals surface area contributed by atoms with E-state index in [1.807, 2.05) is 53.4 Å². The number of phenols is 1. The van der Waals surface area contributed by atoms with Crippen molar-refractivity contribution in [3.8, 4) is 5.75 Å². The summed E-state index contributed by atoms with van der Waals surface area (Å²) in [6, 6.07) is 20.2. The highest BCUT2D eigenvalue weighted by Crippen LogP contribution is 2.48. The lowest BCUT2D eigenvalue weighted by Crippen LogP contribution is -2.30. The van der Waals surface area contributed by atoms with E-state index >= 15 is 0 Å². The van der Waals surface area contributed by atoms with Crippen molar-refractivity contribution in [2.45, 2.75) is 67.1 Å². The van der Waals surface area contributed by atoms with Crippen molar-refractivity contribution in [1.82, 2.24) is 0 Å². The summed E-state index contributed by atoms with van der Waals surface area (Å²) < 4.78 is 0. The monoisotopic (exact) mass is 477 g/mol. The molecule has 0 saturated carbocycles. The highest BCUT2D eigenvalue weighted by Gasteiger charge is 2.29. The predicted molar refractivity (Wildman–Crippen MR) is 140 cm³/mol. The Kier molecular flexibility index (Phi) is 6.32. The summed E-state index contributed by atoms with van der Waals surface area (Å²) in [5.74, 6) is 0.718. The lowest BCUT2D eigenvalue weighted by molar-refractivity contribution is -0.115. The van der Waals surface area contributed by atoms with E-state index in [4.69, 9.17) is 0 Å². The molecule has 3 nitrogen and oxygen atoms in total. The summed E-state index contributed by atoms with van der Waals surface area (Å²) in [6.45, 7) is 12.6. The van der Waals surface area contributed by atoms with Crippen LogP contribution in [-0.4, -0.2) is 16.8 Å². The van der Waals surface area contributed by atoms with Crippen LogP contribution < -0.4 is 4.90 Å². The summed E-state index contributed by atoms with van der Waals surface area (Å²) in [7, 11) is 0. The average molecular weight is 478 g/mol. The largest absolute Gasteiger partial charge is 0.507 e. The normalized spacial score (nSPS) is 13.5. The number of nitrogens with zero attached hydrogens (tertiary/aromatic N) is 1. The molecule has 5 heteroatoms. The van der Waals surface area contributed by atoms with Gasteiger partial charge in [-0.25, -0.2) is 0 Å². The third kappa shape index (κ3) is 4.80. The molecule has 3 aromatic carbocycles. The number of rotatable bonds is 3. The number of amides is 1. The second-order valence-electron chi connectivity index (χ2n) is 10.4. The molecule has 1 amide bonds. The zero-order chi connectivity index (χ0) is 24.0. The molecular formula is C28H31NO2S2. The van der Waals surface area contributed by atoms with Crippen LogP contribution in [0.3, 0.4) is 0 Å². The number of anilines is 2. The molecule has 1 aliphatic heterocycles. The summed E-state index contributed by atoms with van der Waals surface area (Å²) in [5, 5.41) is 11.0. The zero-order valence-electron chi connectivity index (χ0n) is 20.1. The number of para-hydroxylation sites is 2. The molecular weight excluding hydrogens is 446 g/mol. The van der Waals surface area contributed by atoms with E-state index < -0.39 is 0 Å². The molecule has 0 fully saturated rings. The molecule has 0 saturated heterocycles. The molecule has 1 aliphatic rings. The predicted octanol–water partition coefficient (Wildman–Crippen LogP) is 7.91. The first-order valence-corrected chi connectivity index (χ1v) is 13.0. The molecule has 0 radical (unpaired) electrons. The average Bonchev–Trinajstić information content (AvgIpc) is 2.74. The molecule has 0 atom stereocenters. The Balaban J connectivity index is 1.67. The quantitative estimate of drug-likeness (QED) is 0.389. The van der Waals surface area contributed by atoms with E-state index in [0.717, 1.165) is 37.2 Å². The van der Waals surface area contributed by atoms with Gasteiger partial charge in [-0.2, -0.15) is 0 Å². The number of carbonyl (C=O) groups excluding carboxylic acids is 1. The van der Waals surface area contributed by atoms with Crippen molar-refractivity contribution >= 4 is 40.8 Å². The maximum Gasteiger partial charge on any atom is 0.241 e. The maximum atomic E-state index is 13.6. The summed E-state index contributed by atoms with van der Waals surface area (Å²) >= 11 is 3.23. The molecule has 0 spiro atoms. The van der Waals surface area contributed by atoms with Gasteiger partial charge in [-0.15, -0.1) is 11.8 Å². The van der Waals surface area contributed by atoms with E-state index in [-0.39, 0.29) is 16.7 Å². The highest BCUT2D eigenvalue weighted by molar-refractivity contribution is 8.00. The van der Waals surface area contributed by atoms with Gasteiger partial charge in [-0.05, 0) is 47.2 Å². The van der Waals surface area contributed by atoms with Crippen LogP contribution in [0, 0.1) is 0 Å². The third-order valence-electron chi connectivity index (χ3n) is 5.74. The van der Waals surface area contributed by atoms with Gasteiger partial charge >= 0.3 is 0 Å². The Morgan fingerprint density at radius 3 is 1.76 bits per heavy atom. The van der Waals surface area contributed by atoms with Crippen LogP contribution >= 0.6 is 23.5 Å². The summed E-state index contributed by atoms with van der Waals surface area (Å²) in [4.78, 5) is 18.6. The van der Waals surface area contributed by atoms with E-state index in [2.05, 4.69) is 53.7 Å². The van der Waals surface area contributed by atoms with Crippen LogP contribution in [0.15, 0.2) is 75.4 Å². The van der Waals surface area contributed by atoms with Gasteiger partial charge in [-0.3, -0.25) is 9.69 Å². The van der Waals surface area contributed by atoms with E-state index in [9.17, 15) is 9.90 Å². The molecule has 33 heavy (non-hydrogen) atoms. The van der Waals surface area contributed by atoms with Crippen molar-refractivity contribution in [2.75, 3.05) is 10.7 Å². The SMILES string of the molecule is CC(C)(C)c1cc(SCC(=O)N2c3ccccc3Sc3ccccc32)cc(C(C)(C)C)c1O. The fourth-order valence-corrected chi connectivity index (χ4v) is 5.90. The number of hydrogen-bond acceptors (Lipinski definition) is 4. The molecule has 0 unspecified atom stereocenters. The van der Waals surface area contributed by atoms with Crippen molar-refractivity contribution < 1.29 is 9.90 Å².